The fourth-order valence-corrected chi connectivity index (χ4v) is 1.92. The molecule has 0 aliphatic carbocycles. The summed E-state index contributed by atoms with van der Waals surface area (Å²) in [7, 11) is 0. The first-order valence-corrected chi connectivity index (χ1v) is 7.07. The van der Waals surface area contributed by atoms with Gasteiger partial charge in [-0.25, -0.2) is 0 Å². The van der Waals surface area contributed by atoms with Crippen LogP contribution in [0, 0.1) is 0 Å². The van der Waals surface area contributed by atoms with E-state index >= 15 is 0 Å². The molecule has 1 N–H and O–H groups in total. The molecule has 0 saturated carbocycles. The maximum atomic E-state index is 9.23. The summed E-state index contributed by atoms with van der Waals surface area (Å²) in [6.45, 7) is 0.863. The third-order valence-electron chi connectivity index (χ3n) is 2.51. The van der Waals surface area contributed by atoms with Crippen LogP contribution in [0.4, 0.5) is 0 Å². The van der Waals surface area contributed by atoms with Gasteiger partial charge in [0, 0.05) is 0 Å². The summed E-state index contributed by atoms with van der Waals surface area (Å²) in [4.78, 5) is 0. The van der Waals surface area contributed by atoms with Gasteiger partial charge >= 0.3 is 119 Å². The summed E-state index contributed by atoms with van der Waals surface area (Å²) in [5.41, 5.74) is 2.12. The Morgan fingerprint density at radius 2 is 1.21 bits per heavy atom. The molecule has 2 aromatic carbocycles. The SMILES string of the molecule is [OH][Fe][CH](OCc1ccccc1)OCc1ccccc1. The molecular formula is C15H16FeO3. The average molecular weight is 300 g/mol. The van der Waals surface area contributed by atoms with Gasteiger partial charge < -0.3 is 0 Å². The number of ether oxygens (including phenoxy) is 2. The molecule has 0 radical (unpaired) electrons. The van der Waals surface area contributed by atoms with Crippen molar-refractivity contribution in [2.45, 2.75) is 18.4 Å². The number of benzene rings is 2. The molecule has 0 aromatic heterocycles. The molecule has 0 saturated heterocycles. The Morgan fingerprint density at radius 3 is 1.58 bits per heavy atom. The first-order valence-electron chi connectivity index (χ1n) is 5.94. The molecule has 0 heterocycles. The third-order valence-corrected chi connectivity index (χ3v) is 3.11. The summed E-state index contributed by atoms with van der Waals surface area (Å²) in [5.74, 6) is 0. The first-order chi connectivity index (χ1) is 9.38. The molecule has 0 spiro atoms. The number of hydrogen-bond donors (Lipinski definition) is 1. The van der Waals surface area contributed by atoms with Gasteiger partial charge in [-0.2, -0.15) is 0 Å². The van der Waals surface area contributed by atoms with Crippen molar-refractivity contribution in [3.05, 3.63) is 71.8 Å². The molecule has 2 rings (SSSR count). The summed E-state index contributed by atoms with van der Waals surface area (Å²) in [6, 6.07) is 19.6. The molecule has 102 valence electrons. The zero-order valence-electron chi connectivity index (χ0n) is 10.4. The van der Waals surface area contributed by atoms with E-state index in [1.807, 2.05) is 60.7 Å². The monoisotopic (exact) mass is 300 g/mol. The van der Waals surface area contributed by atoms with E-state index in [1.165, 1.54) is 0 Å². The molecule has 0 unspecified atom stereocenters. The zero-order valence-corrected chi connectivity index (χ0v) is 11.5. The molecule has 19 heavy (non-hydrogen) atoms. The van der Waals surface area contributed by atoms with Crippen LogP contribution in [0.3, 0.4) is 0 Å². The Bertz CT molecular complexity index is 418. The Kier molecular flexibility index (Phi) is 6.08. The minimum absolute atomic E-state index is 0.153. The second-order valence-corrected chi connectivity index (χ2v) is 4.75. The first kappa shape index (κ1) is 14.3. The summed E-state index contributed by atoms with van der Waals surface area (Å²) >= 11 is -0.153. The van der Waals surface area contributed by atoms with Crippen molar-refractivity contribution in [3.8, 4) is 0 Å². The summed E-state index contributed by atoms with van der Waals surface area (Å²) < 4.78 is 20.3. The fraction of sp³-hybridized carbons (Fsp3) is 0.200. The Labute approximate surface area is 119 Å². The predicted octanol–water partition coefficient (Wildman–Crippen LogP) is 2.69. The van der Waals surface area contributed by atoms with E-state index in [-0.39, 0.29) is 15.3 Å². The van der Waals surface area contributed by atoms with Gasteiger partial charge in [0.05, 0.1) is 0 Å². The molecule has 3 nitrogen and oxygen atoms in total. The molecule has 0 aliphatic rings. The van der Waals surface area contributed by atoms with Crippen LogP contribution < -0.4 is 0 Å². The maximum absolute atomic E-state index is 9.23. The molecule has 0 atom stereocenters. The van der Waals surface area contributed by atoms with Crippen LogP contribution in [-0.4, -0.2) is 9.38 Å². The molecule has 2 aromatic rings. The van der Waals surface area contributed by atoms with Crippen molar-refractivity contribution in [1.29, 1.82) is 0 Å². The Balaban J connectivity index is 1.77. The average Bonchev–Trinajstić information content (AvgIpc) is 2.49. The van der Waals surface area contributed by atoms with Crippen LogP contribution in [0.1, 0.15) is 11.1 Å². The Morgan fingerprint density at radius 1 is 0.789 bits per heavy atom. The molecular weight excluding hydrogens is 284 g/mol. The van der Waals surface area contributed by atoms with Crippen molar-refractivity contribution >= 4 is 0 Å². The van der Waals surface area contributed by atoms with Crippen LogP contribution in [0.5, 0.6) is 0 Å². The van der Waals surface area contributed by atoms with Crippen LogP contribution in [0.25, 0.3) is 0 Å². The standard InChI is InChI=1S/C15H15O2.Fe.H2O/c1-3-7-14(8-4-1)11-16-13-17-12-15-9-5-2-6-10-15;;/h1-10,13H,11-12H2;;1H2/q;+1;/p-1. The molecule has 4 heteroatoms. The second-order valence-electron chi connectivity index (χ2n) is 3.95. The van der Waals surface area contributed by atoms with E-state index in [2.05, 4.69) is 0 Å². The van der Waals surface area contributed by atoms with Crippen molar-refractivity contribution in [2.75, 3.05) is 0 Å². The summed E-state index contributed by atoms with van der Waals surface area (Å²) in [5, 5.41) is -0.597. The van der Waals surface area contributed by atoms with Gasteiger partial charge in [0.2, 0.25) is 0 Å². The fourth-order valence-electron chi connectivity index (χ4n) is 1.57. The topological polar surface area (TPSA) is 38.7 Å². The quantitative estimate of drug-likeness (QED) is 0.631. The van der Waals surface area contributed by atoms with E-state index in [1.54, 1.807) is 0 Å². The van der Waals surface area contributed by atoms with E-state index in [9.17, 15) is 4.19 Å². The molecule has 0 amide bonds. The van der Waals surface area contributed by atoms with E-state index in [0.29, 0.717) is 13.2 Å². The third kappa shape index (κ3) is 5.15. The van der Waals surface area contributed by atoms with Gasteiger partial charge in [-0.1, -0.05) is 0 Å². The van der Waals surface area contributed by atoms with Crippen LogP contribution >= 0.6 is 0 Å². The Hall–Kier alpha value is -1.16. The van der Waals surface area contributed by atoms with Crippen molar-refractivity contribution in [1.82, 2.24) is 0 Å². The minimum atomic E-state index is -0.597. The normalized spacial score (nSPS) is 11.1. The van der Waals surface area contributed by atoms with Gasteiger partial charge in [0.15, 0.2) is 0 Å². The van der Waals surface area contributed by atoms with Crippen LogP contribution in [-0.2, 0) is 38.0 Å². The van der Waals surface area contributed by atoms with Gasteiger partial charge in [0.25, 0.3) is 0 Å². The van der Waals surface area contributed by atoms with E-state index in [0.717, 1.165) is 11.1 Å². The summed E-state index contributed by atoms with van der Waals surface area (Å²) in [6.07, 6.45) is 0. The zero-order chi connectivity index (χ0) is 13.3. The molecule has 0 fully saturated rings. The predicted molar refractivity (Wildman–Crippen MR) is 68.5 cm³/mol. The van der Waals surface area contributed by atoms with Gasteiger partial charge in [-0.15, -0.1) is 0 Å². The van der Waals surface area contributed by atoms with Crippen LogP contribution in [0.2, 0.25) is 0 Å². The van der Waals surface area contributed by atoms with Crippen molar-refractivity contribution in [2.24, 2.45) is 0 Å². The molecule has 0 aliphatic heterocycles. The van der Waals surface area contributed by atoms with Gasteiger partial charge in [-0.05, 0) is 0 Å². The molecule has 0 bridgehead atoms. The van der Waals surface area contributed by atoms with E-state index < -0.39 is 5.19 Å². The van der Waals surface area contributed by atoms with Gasteiger partial charge in [-0.3, -0.25) is 0 Å². The number of hydrogen-bond acceptors (Lipinski definition) is 3. The van der Waals surface area contributed by atoms with Gasteiger partial charge in [0.1, 0.15) is 0 Å². The number of rotatable bonds is 7. The van der Waals surface area contributed by atoms with Crippen molar-refractivity contribution in [3.63, 3.8) is 0 Å². The second kappa shape index (κ2) is 8.10. The van der Waals surface area contributed by atoms with Crippen molar-refractivity contribution < 1.29 is 28.9 Å². The van der Waals surface area contributed by atoms with Crippen LogP contribution in [0.15, 0.2) is 60.7 Å². The van der Waals surface area contributed by atoms with E-state index in [4.69, 9.17) is 9.47 Å².